The topological polar surface area (TPSA) is 108 Å². The van der Waals surface area contributed by atoms with Crippen molar-refractivity contribution in [3.63, 3.8) is 0 Å². The summed E-state index contributed by atoms with van der Waals surface area (Å²) in [5, 5.41) is 22.2. The summed E-state index contributed by atoms with van der Waals surface area (Å²) in [7, 11) is 0. The highest BCUT2D eigenvalue weighted by molar-refractivity contribution is 6.30. The SMILES string of the molecule is CC(Cn1cc([N+](=O)[O-])cn1)C(=O)Nc1cnn(Cc2cccc(Cl)c2)c1. The van der Waals surface area contributed by atoms with Crippen molar-refractivity contribution in [1.29, 1.82) is 0 Å². The molecule has 1 aromatic carbocycles. The highest BCUT2D eigenvalue weighted by Gasteiger charge is 2.17. The van der Waals surface area contributed by atoms with Crippen LogP contribution in [0.1, 0.15) is 12.5 Å². The number of nitrogens with zero attached hydrogens (tertiary/aromatic N) is 5. The van der Waals surface area contributed by atoms with Gasteiger partial charge in [-0.3, -0.25) is 24.3 Å². The van der Waals surface area contributed by atoms with Crippen LogP contribution in [0.15, 0.2) is 49.1 Å². The predicted octanol–water partition coefficient (Wildman–Crippen LogP) is 2.96. The Morgan fingerprint density at radius 1 is 1.30 bits per heavy atom. The van der Waals surface area contributed by atoms with Crippen LogP contribution in [0, 0.1) is 16.0 Å². The van der Waals surface area contributed by atoms with E-state index in [2.05, 4.69) is 15.5 Å². The molecular formula is C17H17ClN6O3. The van der Waals surface area contributed by atoms with Gasteiger partial charge in [0.05, 0.1) is 35.8 Å². The molecule has 0 radical (unpaired) electrons. The van der Waals surface area contributed by atoms with E-state index in [1.807, 2.05) is 18.2 Å². The van der Waals surface area contributed by atoms with Crippen molar-refractivity contribution < 1.29 is 9.72 Å². The van der Waals surface area contributed by atoms with Crippen LogP contribution in [0.25, 0.3) is 0 Å². The molecular weight excluding hydrogens is 372 g/mol. The standard InChI is InChI=1S/C17H17ClN6O3/c1-12(8-22-11-16(7-20-22)24(26)27)17(25)21-15-6-19-23(10-15)9-13-3-2-4-14(18)5-13/h2-7,10-12H,8-9H2,1H3,(H,21,25). The molecule has 1 N–H and O–H groups in total. The summed E-state index contributed by atoms with van der Waals surface area (Å²) in [6, 6.07) is 7.46. The van der Waals surface area contributed by atoms with Gasteiger partial charge in [0, 0.05) is 11.2 Å². The molecule has 0 bridgehead atoms. The second-order valence-corrected chi connectivity index (χ2v) is 6.56. The van der Waals surface area contributed by atoms with Crippen molar-refractivity contribution in [1.82, 2.24) is 19.6 Å². The number of hydrogen-bond donors (Lipinski definition) is 1. The minimum Gasteiger partial charge on any atom is -0.323 e. The maximum Gasteiger partial charge on any atom is 0.306 e. The lowest BCUT2D eigenvalue weighted by Crippen LogP contribution is -2.24. The third kappa shape index (κ3) is 4.91. The third-order valence-electron chi connectivity index (χ3n) is 3.87. The lowest BCUT2D eigenvalue weighted by Gasteiger charge is -2.10. The number of amides is 1. The predicted molar refractivity (Wildman–Crippen MR) is 99.5 cm³/mol. The number of aromatic nitrogens is 4. The van der Waals surface area contributed by atoms with E-state index in [9.17, 15) is 14.9 Å². The number of rotatable bonds is 7. The number of carbonyl (C=O) groups excluding carboxylic acids is 1. The van der Waals surface area contributed by atoms with Crippen molar-refractivity contribution in [2.45, 2.75) is 20.0 Å². The summed E-state index contributed by atoms with van der Waals surface area (Å²) >= 11 is 5.97. The van der Waals surface area contributed by atoms with Gasteiger partial charge in [0.25, 0.3) is 0 Å². The number of anilines is 1. The van der Waals surface area contributed by atoms with Gasteiger partial charge in [-0.2, -0.15) is 10.2 Å². The molecule has 1 atom stereocenters. The summed E-state index contributed by atoms with van der Waals surface area (Å²) in [6.07, 6.45) is 5.75. The lowest BCUT2D eigenvalue weighted by atomic mass is 10.1. The Hall–Kier alpha value is -3.20. The van der Waals surface area contributed by atoms with Gasteiger partial charge in [-0.15, -0.1) is 0 Å². The monoisotopic (exact) mass is 388 g/mol. The second kappa shape index (κ2) is 8.00. The molecule has 0 aliphatic carbocycles. The minimum absolute atomic E-state index is 0.107. The Morgan fingerprint density at radius 3 is 2.78 bits per heavy atom. The van der Waals surface area contributed by atoms with Gasteiger partial charge >= 0.3 is 5.69 Å². The average Bonchev–Trinajstić information content (AvgIpc) is 3.24. The molecule has 3 aromatic rings. The molecule has 1 amide bonds. The summed E-state index contributed by atoms with van der Waals surface area (Å²) in [6.45, 7) is 2.48. The van der Waals surface area contributed by atoms with Gasteiger partial charge in [0.1, 0.15) is 12.4 Å². The molecule has 140 valence electrons. The van der Waals surface area contributed by atoms with E-state index in [1.165, 1.54) is 10.9 Å². The quantitative estimate of drug-likeness (QED) is 0.494. The largest absolute Gasteiger partial charge is 0.323 e. The maximum atomic E-state index is 12.3. The second-order valence-electron chi connectivity index (χ2n) is 6.12. The van der Waals surface area contributed by atoms with Crippen molar-refractivity contribution in [3.8, 4) is 0 Å². The molecule has 2 heterocycles. The molecule has 0 saturated carbocycles. The van der Waals surface area contributed by atoms with Crippen molar-refractivity contribution in [3.05, 3.63) is 69.8 Å². The van der Waals surface area contributed by atoms with Crippen LogP contribution in [0.5, 0.6) is 0 Å². The highest BCUT2D eigenvalue weighted by Crippen LogP contribution is 2.14. The first-order valence-corrected chi connectivity index (χ1v) is 8.53. The summed E-state index contributed by atoms with van der Waals surface area (Å²) in [5.74, 6) is -0.656. The molecule has 27 heavy (non-hydrogen) atoms. The summed E-state index contributed by atoms with van der Waals surface area (Å²) in [4.78, 5) is 22.5. The van der Waals surface area contributed by atoms with Crippen LogP contribution in [0.3, 0.4) is 0 Å². The molecule has 0 aliphatic rings. The van der Waals surface area contributed by atoms with Crippen LogP contribution >= 0.6 is 11.6 Å². The number of halogens is 1. The van der Waals surface area contributed by atoms with Crippen LogP contribution in [-0.2, 0) is 17.9 Å². The fourth-order valence-corrected chi connectivity index (χ4v) is 2.73. The zero-order chi connectivity index (χ0) is 19.4. The Kier molecular flexibility index (Phi) is 5.51. The lowest BCUT2D eigenvalue weighted by molar-refractivity contribution is -0.385. The number of nitro groups is 1. The Labute approximate surface area is 159 Å². The molecule has 3 rings (SSSR count). The van der Waals surface area contributed by atoms with Crippen molar-refractivity contribution in [2.24, 2.45) is 5.92 Å². The maximum absolute atomic E-state index is 12.3. The fourth-order valence-electron chi connectivity index (χ4n) is 2.51. The van der Waals surface area contributed by atoms with E-state index in [-0.39, 0.29) is 18.1 Å². The van der Waals surface area contributed by atoms with Gasteiger partial charge < -0.3 is 5.32 Å². The Balaban J connectivity index is 1.57. The number of nitrogens with one attached hydrogen (secondary N) is 1. The van der Waals surface area contributed by atoms with E-state index < -0.39 is 10.8 Å². The van der Waals surface area contributed by atoms with Gasteiger partial charge in [0.15, 0.2) is 0 Å². The molecule has 0 saturated heterocycles. The number of hydrogen-bond acceptors (Lipinski definition) is 5. The molecule has 9 nitrogen and oxygen atoms in total. The highest BCUT2D eigenvalue weighted by atomic mass is 35.5. The third-order valence-corrected chi connectivity index (χ3v) is 4.11. The molecule has 0 aliphatic heterocycles. The zero-order valence-electron chi connectivity index (χ0n) is 14.4. The Bertz CT molecular complexity index is 967. The van der Waals surface area contributed by atoms with Crippen LogP contribution < -0.4 is 5.32 Å². The molecule has 10 heteroatoms. The normalized spacial score (nSPS) is 11.9. The van der Waals surface area contributed by atoms with Gasteiger partial charge in [-0.05, 0) is 17.7 Å². The molecule has 2 aromatic heterocycles. The van der Waals surface area contributed by atoms with E-state index in [1.54, 1.807) is 30.1 Å². The fraction of sp³-hybridized carbons (Fsp3) is 0.235. The van der Waals surface area contributed by atoms with E-state index in [4.69, 9.17) is 11.6 Å². The zero-order valence-corrected chi connectivity index (χ0v) is 15.2. The van der Waals surface area contributed by atoms with Crippen molar-refractivity contribution in [2.75, 3.05) is 5.32 Å². The van der Waals surface area contributed by atoms with Crippen molar-refractivity contribution >= 4 is 28.9 Å². The first-order chi connectivity index (χ1) is 12.9. The molecule has 0 fully saturated rings. The Morgan fingerprint density at radius 2 is 2.07 bits per heavy atom. The summed E-state index contributed by atoms with van der Waals surface area (Å²) in [5.41, 5.74) is 1.46. The summed E-state index contributed by atoms with van der Waals surface area (Å²) < 4.78 is 3.08. The van der Waals surface area contributed by atoms with E-state index in [0.29, 0.717) is 17.3 Å². The van der Waals surface area contributed by atoms with Crippen LogP contribution in [0.4, 0.5) is 11.4 Å². The first-order valence-electron chi connectivity index (χ1n) is 8.15. The number of carbonyl (C=O) groups is 1. The molecule has 1 unspecified atom stereocenters. The van der Waals surface area contributed by atoms with E-state index >= 15 is 0 Å². The average molecular weight is 389 g/mol. The number of benzene rings is 1. The molecule has 0 spiro atoms. The van der Waals surface area contributed by atoms with Crippen LogP contribution in [-0.4, -0.2) is 30.4 Å². The van der Waals surface area contributed by atoms with Gasteiger partial charge in [0.2, 0.25) is 5.91 Å². The van der Waals surface area contributed by atoms with Gasteiger partial charge in [-0.25, -0.2) is 0 Å². The smallest absolute Gasteiger partial charge is 0.306 e. The van der Waals surface area contributed by atoms with E-state index in [0.717, 1.165) is 11.8 Å². The first kappa shape index (κ1) is 18.6. The van der Waals surface area contributed by atoms with Crippen LogP contribution in [0.2, 0.25) is 5.02 Å². The van der Waals surface area contributed by atoms with Gasteiger partial charge in [-0.1, -0.05) is 30.7 Å². The minimum atomic E-state index is -0.525.